The van der Waals surface area contributed by atoms with Crippen LogP contribution in [0.1, 0.15) is 22.7 Å². The van der Waals surface area contributed by atoms with E-state index in [9.17, 15) is 14.7 Å². The van der Waals surface area contributed by atoms with Gasteiger partial charge in [-0.15, -0.1) is 0 Å². The minimum atomic E-state index is -0.653. The molecule has 2 aromatic carbocycles. The number of aliphatic hydroxyl groups excluding tert-OH is 1. The number of rotatable bonds is 2. The highest BCUT2D eigenvalue weighted by Gasteiger charge is 2.44. The Bertz CT molecular complexity index is 791. The number of amides is 1. The number of nitrogens with zero attached hydrogens (tertiary/aromatic N) is 1. The molecule has 1 atom stereocenters. The SMILES string of the molecule is Cc1ccc(C(O)=C2C(=O)C(=O)N(C)[C@@H]2c2ccccc2)cc1. The lowest BCUT2D eigenvalue weighted by Gasteiger charge is -2.20. The third-order valence-electron chi connectivity index (χ3n) is 4.12. The largest absolute Gasteiger partial charge is 0.507 e. The summed E-state index contributed by atoms with van der Waals surface area (Å²) in [5.74, 6) is -1.39. The van der Waals surface area contributed by atoms with E-state index >= 15 is 0 Å². The molecule has 0 unspecified atom stereocenters. The molecule has 2 aromatic rings. The lowest BCUT2D eigenvalue weighted by atomic mass is 9.95. The maximum Gasteiger partial charge on any atom is 0.295 e. The van der Waals surface area contributed by atoms with Gasteiger partial charge >= 0.3 is 0 Å². The summed E-state index contributed by atoms with van der Waals surface area (Å²) < 4.78 is 0. The van der Waals surface area contributed by atoms with Crippen molar-refractivity contribution in [2.24, 2.45) is 0 Å². The van der Waals surface area contributed by atoms with Gasteiger partial charge in [0.2, 0.25) is 0 Å². The Morgan fingerprint density at radius 1 is 1.00 bits per heavy atom. The van der Waals surface area contributed by atoms with Gasteiger partial charge in [0.05, 0.1) is 11.6 Å². The molecule has 0 saturated carbocycles. The second kappa shape index (κ2) is 5.72. The average Bonchev–Trinajstić information content (AvgIpc) is 2.80. The predicted molar refractivity (Wildman–Crippen MR) is 87.7 cm³/mol. The van der Waals surface area contributed by atoms with Gasteiger partial charge in [-0.05, 0) is 12.5 Å². The average molecular weight is 307 g/mol. The second-order valence-electron chi connectivity index (χ2n) is 5.69. The van der Waals surface area contributed by atoms with Crippen molar-refractivity contribution in [2.45, 2.75) is 13.0 Å². The summed E-state index contributed by atoms with van der Waals surface area (Å²) in [6, 6.07) is 15.9. The highest BCUT2D eigenvalue weighted by Crippen LogP contribution is 2.38. The molecule has 0 aromatic heterocycles. The number of likely N-dealkylation sites (tertiary alicyclic amines) is 1. The summed E-state index contributed by atoms with van der Waals surface area (Å²) in [7, 11) is 1.58. The molecule has 0 bridgehead atoms. The van der Waals surface area contributed by atoms with Crippen LogP contribution in [-0.2, 0) is 9.59 Å². The summed E-state index contributed by atoms with van der Waals surface area (Å²) in [6.45, 7) is 1.94. The molecule has 0 aliphatic carbocycles. The molecule has 3 rings (SSSR count). The first-order valence-corrected chi connectivity index (χ1v) is 7.37. The molecule has 4 heteroatoms. The number of hydrogen-bond acceptors (Lipinski definition) is 3. The lowest BCUT2D eigenvalue weighted by molar-refractivity contribution is -0.139. The van der Waals surface area contributed by atoms with E-state index in [4.69, 9.17) is 0 Å². The first-order chi connectivity index (χ1) is 11.0. The van der Waals surface area contributed by atoms with E-state index in [1.54, 1.807) is 19.2 Å². The number of benzene rings is 2. The molecule has 23 heavy (non-hydrogen) atoms. The minimum absolute atomic E-state index is 0.132. The van der Waals surface area contributed by atoms with Crippen LogP contribution < -0.4 is 0 Å². The minimum Gasteiger partial charge on any atom is -0.507 e. The van der Waals surface area contributed by atoms with E-state index in [0.717, 1.165) is 11.1 Å². The van der Waals surface area contributed by atoms with Crippen LogP contribution >= 0.6 is 0 Å². The fourth-order valence-electron chi connectivity index (χ4n) is 2.84. The highest BCUT2D eigenvalue weighted by molar-refractivity contribution is 6.46. The summed E-state index contributed by atoms with van der Waals surface area (Å²) in [4.78, 5) is 25.9. The maximum atomic E-state index is 12.4. The van der Waals surface area contributed by atoms with Crippen LogP contribution in [0.2, 0.25) is 0 Å². The Morgan fingerprint density at radius 3 is 2.22 bits per heavy atom. The molecular weight excluding hydrogens is 290 g/mol. The number of likely N-dealkylation sites (N-methyl/N-ethyl adjacent to an activating group) is 1. The molecule has 1 heterocycles. The molecule has 0 spiro atoms. The zero-order valence-corrected chi connectivity index (χ0v) is 13.0. The molecule has 0 radical (unpaired) electrons. The van der Waals surface area contributed by atoms with E-state index in [2.05, 4.69) is 0 Å². The number of ketones is 1. The number of aliphatic hydroxyl groups is 1. The molecule has 1 aliphatic rings. The normalized spacial score (nSPS) is 20.1. The van der Waals surface area contributed by atoms with Crippen LogP contribution in [0, 0.1) is 6.92 Å². The fraction of sp³-hybridized carbons (Fsp3) is 0.158. The van der Waals surface area contributed by atoms with Crippen LogP contribution in [0.25, 0.3) is 5.76 Å². The summed E-state index contributed by atoms with van der Waals surface area (Å²) in [6.07, 6.45) is 0. The molecule has 1 N–H and O–H groups in total. The van der Waals surface area contributed by atoms with Crippen molar-refractivity contribution in [1.29, 1.82) is 0 Å². The van der Waals surface area contributed by atoms with E-state index in [1.165, 1.54) is 4.90 Å². The number of carbonyl (C=O) groups is 2. The van der Waals surface area contributed by atoms with Crippen LogP contribution in [0.15, 0.2) is 60.2 Å². The number of hydrogen-bond donors (Lipinski definition) is 1. The highest BCUT2D eigenvalue weighted by atomic mass is 16.3. The van der Waals surface area contributed by atoms with Gasteiger partial charge < -0.3 is 10.0 Å². The Balaban J connectivity index is 2.17. The van der Waals surface area contributed by atoms with Crippen LogP contribution in [-0.4, -0.2) is 28.7 Å². The smallest absolute Gasteiger partial charge is 0.295 e. The Kier molecular flexibility index (Phi) is 3.74. The first kappa shape index (κ1) is 15.0. The van der Waals surface area contributed by atoms with Crippen molar-refractivity contribution in [3.63, 3.8) is 0 Å². The topological polar surface area (TPSA) is 57.6 Å². The van der Waals surface area contributed by atoms with Gasteiger partial charge in [0, 0.05) is 12.6 Å². The van der Waals surface area contributed by atoms with Crippen molar-refractivity contribution in [1.82, 2.24) is 4.90 Å². The summed E-state index contributed by atoms with van der Waals surface area (Å²) >= 11 is 0. The summed E-state index contributed by atoms with van der Waals surface area (Å²) in [5.41, 5.74) is 2.51. The first-order valence-electron chi connectivity index (χ1n) is 7.37. The molecule has 116 valence electrons. The maximum absolute atomic E-state index is 12.4. The van der Waals surface area contributed by atoms with Gasteiger partial charge in [-0.1, -0.05) is 60.2 Å². The van der Waals surface area contributed by atoms with Gasteiger partial charge in [0.15, 0.2) is 0 Å². The monoisotopic (exact) mass is 307 g/mol. The molecular formula is C19H17NO3. The van der Waals surface area contributed by atoms with E-state index < -0.39 is 17.7 Å². The number of aryl methyl sites for hydroxylation is 1. The van der Waals surface area contributed by atoms with Gasteiger partial charge in [-0.2, -0.15) is 0 Å². The van der Waals surface area contributed by atoms with Crippen molar-refractivity contribution in [2.75, 3.05) is 7.05 Å². The molecule has 1 aliphatic heterocycles. The second-order valence-corrected chi connectivity index (χ2v) is 5.69. The summed E-state index contributed by atoms with van der Waals surface area (Å²) in [5, 5.41) is 10.6. The van der Waals surface area contributed by atoms with Crippen LogP contribution in [0.4, 0.5) is 0 Å². The fourth-order valence-corrected chi connectivity index (χ4v) is 2.84. The molecule has 1 fully saturated rings. The van der Waals surface area contributed by atoms with Gasteiger partial charge in [-0.3, -0.25) is 9.59 Å². The Hall–Kier alpha value is -2.88. The van der Waals surface area contributed by atoms with Crippen molar-refractivity contribution >= 4 is 17.4 Å². The van der Waals surface area contributed by atoms with Crippen LogP contribution in [0.5, 0.6) is 0 Å². The molecule has 4 nitrogen and oxygen atoms in total. The third kappa shape index (κ3) is 2.52. The zero-order valence-electron chi connectivity index (χ0n) is 13.0. The Morgan fingerprint density at radius 2 is 1.61 bits per heavy atom. The van der Waals surface area contributed by atoms with Crippen molar-refractivity contribution in [3.8, 4) is 0 Å². The molecule has 1 saturated heterocycles. The van der Waals surface area contributed by atoms with Crippen LogP contribution in [0.3, 0.4) is 0 Å². The van der Waals surface area contributed by atoms with Gasteiger partial charge in [0.25, 0.3) is 11.7 Å². The number of Topliss-reactive ketones (excluding diaryl/α,β-unsaturated/α-hetero) is 1. The zero-order chi connectivity index (χ0) is 16.6. The standard InChI is InChI=1S/C19H17NO3/c1-12-8-10-14(11-9-12)17(21)15-16(13-6-4-3-5-7-13)20(2)19(23)18(15)22/h3-11,16,21H,1-2H3/t16-/m1/s1. The van der Waals surface area contributed by atoms with Gasteiger partial charge in [-0.25, -0.2) is 0 Å². The number of carbonyl (C=O) groups excluding carboxylic acids is 2. The van der Waals surface area contributed by atoms with E-state index in [1.807, 2.05) is 49.4 Å². The van der Waals surface area contributed by atoms with Gasteiger partial charge in [0.1, 0.15) is 5.76 Å². The third-order valence-corrected chi connectivity index (χ3v) is 4.12. The van der Waals surface area contributed by atoms with E-state index in [0.29, 0.717) is 5.56 Å². The van der Waals surface area contributed by atoms with E-state index in [-0.39, 0.29) is 11.3 Å². The quantitative estimate of drug-likeness (QED) is 0.527. The van der Waals surface area contributed by atoms with Crippen molar-refractivity contribution < 1.29 is 14.7 Å². The predicted octanol–water partition coefficient (Wildman–Crippen LogP) is 3.05. The molecule has 1 amide bonds. The van der Waals surface area contributed by atoms with Crippen molar-refractivity contribution in [3.05, 3.63) is 76.9 Å². The lowest BCUT2D eigenvalue weighted by Crippen LogP contribution is -2.24. The Labute approximate surface area is 134 Å².